The fraction of sp³-hybridized carbons (Fsp3) is 0.0667. The molecule has 2 aromatic carbocycles. The number of halogens is 1. The number of nitrogens with zero attached hydrogens (tertiary/aromatic N) is 2. The summed E-state index contributed by atoms with van der Waals surface area (Å²) in [5, 5.41) is 20.3. The average molecular weight is 303 g/mol. The Bertz CT molecular complexity index is 811. The molecular weight excluding hydrogens is 292 g/mol. The zero-order chi connectivity index (χ0) is 14.1. The van der Waals surface area contributed by atoms with E-state index in [1.54, 1.807) is 12.1 Å². The number of aryl methyl sites for hydroxylation is 1. The van der Waals surface area contributed by atoms with Gasteiger partial charge in [-0.1, -0.05) is 35.9 Å². The molecule has 3 aromatic rings. The summed E-state index contributed by atoms with van der Waals surface area (Å²) in [7, 11) is 0. The van der Waals surface area contributed by atoms with Crippen molar-refractivity contribution in [2.24, 2.45) is 10.2 Å². The third-order valence-electron chi connectivity index (χ3n) is 2.97. The van der Waals surface area contributed by atoms with E-state index in [1.165, 1.54) is 11.3 Å². The van der Waals surface area contributed by atoms with Crippen molar-refractivity contribution in [1.29, 1.82) is 0 Å². The van der Waals surface area contributed by atoms with Crippen molar-refractivity contribution < 1.29 is 5.11 Å². The van der Waals surface area contributed by atoms with Gasteiger partial charge in [0.1, 0.15) is 5.69 Å². The first-order valence-electron chi connectivity index (χ1n) is 6.04. The van der Waals surface area contributed by atoms with Crippen LogP contribution in [0.3, 0.4) is 0 Å². The van der Waals surface area contributed by atoms with Crippen LogP contribution in [0, 0.1) is 6.92 Å². The minimum Gasteiger partial charge on any atom is -0.504 e. The van der Waals surface area contributed by atoms with Gasteiger partial charge in [0.15, 0.2) is 10.8 Å². The summed E-state index contributed by atoms with van der Waals surface area (Å²) in [6, 6.07) is 13.0. The first kappa shape index (κ1) is 13.1. The maximum absolute atomic E-state index is 10.2. The van der Waals surface area contributed by atoms with E-state index in [-0.39, 0.29) is 5.75 Å². The number of fused-ring (bicyclic) bond motifs is 1. The van der Waals surface area contributed by atoms with Crippen molar-refractivity contribution >= 4 is 43.7 Å². The van der Waals surface area contributed by atoms with Gasteiger partial charge < -0.3 is 5.11 Å². The van der Waals surface area contributed by atoms with E-state index < -0.39 is 0 Å². The summed E-state index contributed by atoms with van der Waals surface area (Å²) in [6.45, 7) is 2.01. The Morgan fingerprint density at radius 3 is 2.60 bits per heavy atom. The van der Waals surface area contributed by atoms with E-state index in [2.05, 4.69) is 10.2 Å². The van der Waals surface area contributed by atoms with E-state index in [1.807, 2.05) is 37.3 Å². The number of benzene rings is 2. The van der Waals surface area contributed by atoms with Crippen LogP contribution in [0.4, 0.5) is 10.7 Å². The van der Waals surface area contributed by atoms with Gasteiger partial charge in [-0.3, -0.25) is 0 Å². The zero-order valence-electron chi connectivity index (χ0n) is 10.7. The second-order valence-electron chi connectivity index (χ2n) is 4.36. The second-order valence-corrected chi connectivity index (χ2v) is 5.77. The molecule has 5 heteroatoms. The molecular formula is C15H11ClN2OS. The molecule has 3 rings (SSSR count). The topological polar surface area (TPSA) is 45.0 Å². The van der Waals surface area contributed by atoms with E-state index in [4.69, 9.17) is 11.6 Å². The number of hydrogen-bond acceptors (Lipinski definition) is 4. The Kier molecular flexibility index (Phi) is 3.42. The molecule has 0 aliphatic rings. The molecule has 0 saturated carbocycles. The molecule has 0 bridgehead atoms. The largest absolute Gasteiger partial charge is 0.504 e. The van der Waals surface area contributed by atoms with Gasteiger partial charge in [0.25, 0.3) is 0 Å². The Morgan fingerprint density at radius 2 is 1.85 bits per heavy atom. The summed E-state index contributed by atoms with van der Waals surface area (Å²) in [6.07, 6.45) is 0. The molecule has 3 nitrogen and oxygen atoms in total. The Morgan fingerprint density at radius 1 is 1.05 bits per heavy atom. The van der Waals surface area contributed by atoms with Crippen LogP contribution in [0.5, 0.6) is 5.75 Å². The van der Waals surface area contributed by atoms with Gasteiger partial charge in [0, 0.05) is 10.1 Å². The van der Waals surface area contributed by atoms with Crippen LogP contribution >= 0.6 is 22.9 Å². The van der Waals surface area contributed by atoms with E-state index >= 15 is 0 Å². The minimum atomic E-state index is 0.171. The van der Waals surface area contributed by atoms with Crippen molar-refractivity contribution in [3.8, 4) is 5.75 Å². The summed E-state index contributed by atoms with van der Waals surface area (Å²) < 4.78 is 1.03. The molecule has 20 heavy (non-hydrogen) atoms. The molecule has 0 amide bonds. The molecule has 0 spiro atoms. The van der Waals surface area contributed by atoms with Crippen molar-refractivity contribution in [2.45, 2.75) is 6.92 Å². The Labute approximate surface area is 125 Å². The van der Waals surface area contributed by atoms with Crippen molar-refractivity contribution in [2.75, 3.05) is 0 Å². The predicted octanol–water partition coefficient (Wildman–Crippen LogP) is 5.98. The highest BCUT2D eigenvalue weighted by molar-refractivity contribution is 7.23. The predicted molar refractivity (Wildman–Crippen MR) is 83.9 cm³/mol. The fourth-order valence-corrected chi connectivity index (χ4v) is 3.09. The second kappa shape index (κ2) is 5.23. The van der Waals surface area contributed by atoms with Crippen molar-refractivity contribution in [3.05, 3.63) is 53.1 Å². The van der Waals surface area contributed by atoms with Gasteiger partial charge in [-0.05, 0) is 30.7 Å². The molecule has 0 atom stereocenters. The lowest BCUT2D eigenvalue weighted by molar-refractivity contribution is 0.484. The number of thiophene rings is 1. The monoisotopic (exact) mass is 302 g/mol. The zero-order valence-corrected chi connectivity index (χ0v) is 12.2. The molecule has 100 valence electrons. The molecule has 0 radical (unpaired) electrons. The summed E-state index contributed by atoms with van der Waals surface area (Å²) in [4.78, 5) is 0. The van der Waals surface area contributed by atoms with Gasteiger partial charge in [0.05, 0.1) is 5.02 Å². The highest BCUT2D eigenvalue weighted by atomic mass is 35.5. The third-order valence-corrected chi connectivity index (χ3v) is 4.50. The molecule has 1 heterocycles. The van der Waals surface area contributed by atoms with Crippen LogP contribution in [-0.2, 0) is 0 Å². The highest BCUT2D eigenvalue weighted by Crippen LogP contribution is 2.45. The molecule has 1 N–H and O–H groups in total. The van der Waals surface area contributed by atoms with Gasteiger partial charge in [-0.2, -0.15) is 0 Å². The van der Waals surface area contributed by atoms with Crippen LogP contribution in [0.1, 0.15) is 5.56 Å². The normalized spacial score (nSPS) is 11.5. The lowest BCUT2D eigenvalue weighted by atomic mass is 10.2. The van der Waals surface area contributed by atoms with E-state index in [0.717, 1.165) is 15.6 Å². The summed E-state index contributed by atoms with van der Waals surface area (Å²) in [5.41, 5.74) is 1.70. The van der Waals surface area contributed by atoms with Crippen LogP contribution in [-0.4, -0.2) is 5.11 Å². The van der Waals surface area contributed by atoms with Crippen LogP contribution in [0.15, 0.2) is 52.7 Å². The average Bonchev–Trinajstić information content (AvgIpc) is 2.77. The molecule has 0 unspecified atom stereocenters. The molecule has 0 aliphatic heterocycles. The number of rotatable bonds is 2. The number of hydrogen-bond donors (Lipinski definition) is 1. The van der Waals surface area contributed by atoms with Gasteiger partial charge >= 0.3 is 0 Å². The van der Waals surface area contributed by atoms with Gasteiger partial charge in [-0.15, -0.1) is 21.6 Å². The fourth-order valence-electron chi connectivity index (χ4n) is 1.93. The lowest BCUT2D eigenvalue weighted by Gasteiger charge is -1.94. The summed E-state index contributed by atoms with van der Waals surface area (Å²) in [5.74, 6) is 0.171. The molecule has 1 aromatic heterocycles. The van der Waals surface area contributed by atoms with Crippen molar-refractivity contribution in [1.82, 2.24) is 0 Å². The smallest absolute Gasteiger partial charge is 0.181 e. The third kappa shape index (κ3) is 2.28. The first-order valence-corrected chi connectivity index (χ1v) is 7.23. The maximum Gasteiger partial charge on any atom is 0.181 e. The SMILES string of the molecule is Cc1cccc2c(O)c(N=Nc3ccccc3Cl)sc12. The maximum atomic E-state index is 10.2. The van der Waals surface area contributed by atoms with Crippen LogP contribution in [0.25, 0.3) is 10.1 Å². The minimum absolute atomic E-state index is 0.171. The standard InChI is InChI=1S/C15H11ClN2OS/c1-9-5-4-6-10-13(19)15(20-14(9)10)18-17-12-8-3-2-7-11(12)16/h2-8,19H,1H3. The van der Waals surface area contributed by atoms with Gasteiger partial charge in [0.2, 0.25) is 0 Å². The van der Waals surface area contributed by atoms with E-state index in [0.29, 0.717) is 15.7 Å². The number of azo groups is 1. The van der Waals surface area contributed by atoms with Crippen molar-refractivity contribution in [3.63, 3.8) is 0 Å². The first-order chi connectivity index (χ1) is 9.66. The molecule has 0 fully saturated rings. The molecule has 0 aliphatic carbocycles. The van der Waals surface area contributed by atoms with E-state index in [9.17, 15) is 5.11 Å². The Hall–Kier alpha value is -1.91. The summed E-state index contributed by atoms with van der Waals surface area (Å²) >= 11 is 7.44. The van der Waals surface area contributed by atoms with Crippen LogP contribution in [0.2, 0.25) is 5.02 Å². The van der Waals surface area contributed by atoms with Gasteiger partial charge in [-0.25, -0.2) is 0 Å². The molecule has 0 saturated heterocycles. The highest BCUT2D eigenvalue weighted by Gasteiger charge is 2.12. The number of aromatic hydroxyl groups is 1. The van der Waals surface area contributed by atoms with Crippen LogP contribution < -0.4 is 0 Å². The lowest BCUT2D eigenvalue weighted by Crippen LogP contribution is -1.69. The Balaban J connectivity index is 2.06. The quantitative estimate of drug-likeness (QED) is 0.581.